The van der Waals surface area contributed by atoms with Crippen LogP contribution in [0.4, 0.5) is 0 Å². The summed E-state index contributed by atoms with van der Waals surface area (Å²) in [4.78, 5) is 2.42. The summed E-state index contributed by atoms with van der Waals surface area (Å²) in [6, 6.07) is 0.284. The number of rotatable bonds is 3. The molecule has 118 valence electrons. The van der Waals surface area contributed by atoms with Crippen LogP contribution in [0.15, 0.2) is 0 Å². The monoisotopic (exact) mass is 313 g/mol. The van der Waals surface area contributed by atoms with Gasteiger partial charge in [0.15, 0.2) is 0 Å². The Kier molecular flexibility index (Phi) is 4.54. The molecule has 1 saturated heterocycles. The molecular formula is C15H24ClN3O2. The summed E-state index contributed by atoms with van der Waals surface area (Å²) in [5.41, 5.74) is 2.08. The highest BCUT2D eigenvalue weighted by Crippen LogP contribution is 2.33. The van der Waals surface area contributed by atoms with Crippen LogP contribution >= 0.6 is 11.6 Å². The molecule has 1 saturated carbocycles. The molecule has 3 rings (SSSR count). The molecule has 0 spiro atoms. The zero-order valence-electron chi connectivity index (χ0n) is 12.8. The van der Waals surface area contributed by atoms with Gasteiger partial charge in [-0.15, -0.1) is 0 Å². The summed E-state index contributed by atoms with van der Waals surface area (Å²) >= 11 is 6.36. The van der Waals surface area contributed by atoms with Crippen LogP contribution in [-0.4, -0.2) is 51.7 Å². The average molecular weight is 314 g/mol. The lowest BCUT2D eigenvalue weighted by atomic mass is 9.94. The van der Waals surface area contributed by atoms with Gasteiger partial charge >= 0.3 is 0 Å². The fraction of sp³-hybridized carbons (Fsp3) is 0.800. The van der Waals surface area contributed by atoms with E-state index in [0.717, 1.165) is 50.2 Å². The Labute approximate surface area is 130 Å². The maximum Gasteiger partial charge on any atom is 0.131 e. The predicted molar refractivity (Wildman–Crippen MR) is 81.3 cm³/mol. The lowest BCUT2D eigenvalue weighted by Gasteiger charge is -2.40. The van der Waals surface area contributed by atoms with E-state index in [4.69, 9.17) is 16.3 Å². The highest BCUT2D eigenvalue weighted by atomic mass is 35.5. The molecule has 2 aliphatic rings. The minimum Gasteiger partial charge on any atom is -0.393 e. The van der Waals surface area contributed by atoms with Crippen molar-refractivity contribution in [2.75, 3.05) is 19.8 Å². The topological polar surface area (TPSA) is 50.5 Å². The van der Waals surface area contributed by atoms with E-state index < -0.39 is 0 Å². The molecule has 1 aromatic heterocycles. The molecule has 1 N–H and O–H groups in total. The number of morpholine rings is 1. The van der Waals surface area contributed by atoms with Crippen molar-refractivity contribution in [2.24, 2.45) is 13.0 Å². The van der Waals surface area contributed by atoms with E-state index >= 15 is 0 Å². The first-order valence-electron chi connectivity index (χ1n) is 7.75. The maximum absolute atomic E-state index is 10.2. The van der Waals surface area contributed by atoms with Crippen LogP contribution in [-0.2, 0) is 18.3 Å². The van der Waals surface area contributed by atoms with Crippen LogP contribution in [0.3, 0.4) is 0 Å². The van der Waals surface area contributed by atoms with Gasteiger partial charge in [-0.2, -0.15) is 5.10 Å². The molecule has 3 atom stereocenters. The summed E-state index contributed by atoms with van der Waals surface area (Å²) < 4.78 is 7.40. The minimum absolute atomic E-state index is 0.190. The molecule has 0 amide bonds. The fourth-order valence-corrected chi connectivity index (χ4v) is 3.96. The molecule has 1 aliphatic carbocycles. The molecule has 21 heavy (non-hydrogen) atoms. The van der Waals surface area contributed by atoms with Gasteiger partial charge < -0.3 is 9.84 Å². The van der Waals surface area contributed by atoms with Gasteiger partial charge in [0, 0.05) is 37.7 Å². The lowest BCUT2D eigenvalue weighted by molar-refractivity contribution is -0.0537. The summed E-state index contributed by atoms with van der Waals surface area (Å²) in [5.74, 6) is 0.320. The second kappa shape index (κ2) is 6.24. The van der Waals surface area contributed by atoms with Crippen molar-refractivity contribution in [3.05, 3.63) is 16.4 Å². The lowest BCUT2D eigenvalue weighted by Crippen LogP contribution is -2.50. The highest BCUT2D eigenvalue weighted by Gasteiger charge is 2.38. The molecule has 0 aromatic carbocycles. The van der Waals surface area contributed by atoms with E-state index in [1.54, 1.807) is 4.68 Å². The second-order valence-corrected chi connectivity index (χ2v) is 6.61. The Hall–Kier alpha value is -0.620. The molecule has 0 unspecified atom stereocenters. The molecule has 1 aliphatic heterocycles. The molecule has 2 heterocycles. The number of hydrogen-bond donors (Lipinski definition) is 1. The van der Waals surface area contributed by atoms with Gasteiger partial charge in [0.1, 0.15) is 5.15 Å². The summed E-state index contributed by atoms with van der Waals surface area (Å²) in [5, 5.41) is 15.3. The normalized spacial score (nSPS) is 31.0. The highest BCUT2D eigenvalue weighted by molar-refractivity contribution is 6.30. The van der Waals surface area contributed by atoms with E-state index in [0.29, 0.717) is 17.7 Å². The number of aliphatic hydroxyl groups excluding tert-OH is 1. The van der Waals surface area contributed by atoms with Crippen molar-refractivity contribution in [3.63, 3.8) is 0 Å². The van der Waals surface area contributed by atoms with Crippen molar-refractivity contribution < 1.29 is 9.84 Å². The number of halogens is 1. The zero-order chi connectivity index (χ0) is 15.0. The molecule has 1 aromatic rings. The Morgan fingerprint density at radius 3 is 2.86 bits per heavy atom. The number of aromatic nitrogens is 2. The quantitative estimate of drug-likeness (QED) is 0.923. The van der Waals surface area contributed by atoms with Crippen LogP contribution < -0.4 is 0 Å². The summed E-state index contributed by atoms with van der Waals surface area (Å²) in [6.45, 7) is 5.13. The van der Waals surface area contributed by atoms with E-state index in [1.165, 1.54) is 0 Å². The number of hydrogen-bond acceptors (Lipinski definition) is 4. The third-order valence-corrected chi connectivity index (χ3v) is 5.41. The number of aryl methyl sites for hydroxylation is 2. The first-order valence-corrected chi connectivity index (χ1v) is 8.13. The average Bonchev–Trinajstić information content (AvgIpc) is 2.99. The third kappa shape index (κ3) is 2.97. The van der Waals surface area contributed by atoms with Crippen molar-refractivity contribution in [1.29, 1.82) is 0 Å². The van der Waals surface area contributed by atoms with Gasteiger partial charge in [-0.05, 0) is 19.8 Å². The summed E-state index contributed by atoms with van der Waals surface area (Å²) in [7, 11) is 1.87. The standard InChI is InChI=1S/C15H24ClN3O2/c1-10-12(15(16)18(2)17-10)8-19-6-7-21-9-13(19)11-4-3-5-14(11)20/h11,13-14,20H,3-9H2,1-2H3/t11-,13+,14-/m0/s1. The number of ether oxygens (including phenoxy) is 1. The molecule has 2 fully saturated rings. The predicted octanol–water partition coefficient (Wildman–Crippen LogP) is 1.74. The Balaban J connectivity index is 1.78. The zero-order valence-corrected chi connectivity index (χ0v) is 13.5. The van der Waals surface area contributed by atoms with E-state index in [9.17, 15) is 5.11 Å². The molecule has 0 bridgehead atoms. The van der Waals surface area contributed by atoms with Crippen molar-refractivity contribution in [2.45, 2.75) is 44.9 Å². The largest absolute Gasteiger partial charge is 0.393 e. The SMILES string of the molecule is Cc1nn(C)c(Cl)c1CN1CCOC[C@@H]1[C@@H]1CCC[C@@H]1O. The maximum atomic E-state index is 10.2. The second-order valence-electron chi connectivity index (χ2n) is 6.25. The van der Waals surface area contributed by atoms with Gasteiger partial charge in [-0.3, -0.25) is 9.58 Å². The first-order chi connectivity index (χ1) is 10.1. The van der Waals surface area contributed by atoms with Gasteiger partial charge in [-0.25, -0.2) is 0 Å². The van der Waals surface area contributed by atoms with Crippen molar-refractivity contribution in [1.82, 2.24) is 14.7 Å². The van der Waals surface area contributed by atoms with Gasteiger partial charge in [0.2, 0.25) is 0 Å². The van der Waals surface area contributed by atoms with E-state index in [2.05, 4.69) is 10.00 Å². The van der Waals surface area contributed by atoms with Crippen LogP contribution in [0.2, 0.25) is 5.15 Å². The number of nitrogens with zero attached hydrogens (tertiary/aromatic N) is 3. The third-order valence-electron chi connectivity index (χ3n) is 4.94. The molecule has 6 heteroatoms. The summed E-state index contributed by atoms with van der Waals surface area (Å²) in [6.07, 6.45) is 2.93. The smallest absolute Gasteiger partial charge is 0.131 e. The van der Waals surface area contributed by atoms with Gasteiger partial charge in [-0.1, -0.05) is 18.0 Å². The molecule has 5 nitrogen and oxygen atoms in total. The van der Waals surface area contributed by atoms with E-state index in [-0.39, 0.29) is 12.1 Å². The van der Waals surface area contributed by atoms with Crippen LogP contribution in [0, 0.1) is 12.8 Å². The van der Waals surface area contributed by atoms with Gasteiger partial charge in [0.25, 0.3) is 0 Å². The Morgan fingerprint density at radius 1 is 1.43 bits per heavy atom. The van der Waals surface area contributed by atoms with Crippen LogP contribution in [0.25, 0.3) is 0 Å². The van der Waals surface area contributed by atoms with Gasteiger partial charge in [0.05, 0.1) is 25.0 Å². The fourth-order valence-electron chi connectivity index (χ4n) is 3.72. The number of aliphatic hydroxyl groups is 1. The minimum atomic E-state index is -0.190. The Bertz CT molecular complexity index is 505. The Morgan fingerprint density at radius 2 is 2.24 bits per heavy atom. The van der Waals surface area contributed by atoms with Crippen LogP contribution in [0.1, 0.15) is 30.5 Å². The van der Waals surface area contributed by atoms with Crippen molar-refractivity contribution >= 4 is 11.6 Å². The first kappa shape index (κ1) is 15.3. The molecule has 0 radical (unpaired) electrons. The van der Waals surface area contributed by atoms with E-state index in [1.807, 2.05) is 14.0 Å². The van der Waals surface area contributed by atoms with Crippen molar-refractivity contribution in [3.8, 4) is 0 Å². The van der Waals surface area contributed by atoms with Crippen LogP contribution in [0.5, 0.6) is 0 Å². The molecular weight excluding hydrogens is 290 g/mol.